The zero-order chi connectivity index (χ0) is 19.7. The molecular weight excluding hydrogens is 372 g/mol. The van der Waals surface area contributed by atoms with E-state index < -0.39 is 0 Å². The van der Waals surface area contributed by atoms with Crippen molar-refractivity contribution < 1.29 is 9.53 Å². The molecule has 1 N–H and O–H groups in total. The second-order valence-corrected chi connectivity index (χ2v) is 7.76. The second-order valence-electron chi connectivity index (χ2n) is 6.55. The van der Waals surface area contributed by atoms with E-state index >= 15 is 0 Å². The number of carbonyl (C=O) groups excluding carboxylic acids is 1. The van der Waals surface area contributed by atoms with Crippen molar-refractivity contribution in [2.45, 2.75) is 27.4 Å². The molecule has 0 aliphatic rings. The van der Waals surface area contributed by atoms with Crippen LogP contribution in [-0.4, -0.2) is 20.3 Å². The van der Waals surface area contributed by atoms with E-state index in [2.05, 4.69) is 15.3 Å². The molecule has 1 amide bonds. The van der Waals surface area contributed by atoms with E-state index in [1.165, 1.54) is 11.3 Å². The second kappa shape index (κ2) is 7.44. The minimum absolute atomic E-state index is 0.241. The van der Waals surface area contributed by atoms with Gasteiger partial charge in [-0.2, -0.15) is 0 Å². The monoisotopic (exact) mass is 392 g/mol. The lowest BCUT2D eigenvalue weighted by molar-refractivity contribution is 0.102. The zero-order valence-electron chi connectivity index (χ0n) is 15.9. The number of nitrogens with one attached hydrogen (secondary N) is 1. The fourth-order valence-electron chi connectivity index (χ4n) is 2.90. The van der Waals surface area contributed by atoms with Crippen molar-refractivity contribution in [1.82, 2.24) is 14.4 Å². The van der Waals surface area contributed by atoms with E-state index in [-0.39, 0.29) is 12.5 Å². The Morgan fingerprint density at radius 3 is 2.71 bits per heavy atom. The van der Waals surface area contributed by atoms with Crippen molar-refractivity contribution in [3.8, 4) is 5.75 Å². The average molecular weight is 392 g/mol. The van der Waals surface area contributed by atoms with Crippen molar-refractivity contribution >= 4 is 28.0 Å². The van der Waals surface area contributed by atoms with Gasteiger partial charge in [0.05, 0.1) is 17.0 Å². The number of hydrogen-bond donors (Lipinski definition) is 1. The summed E-state index contributed by atoms with van der Waals surface area (Å²) in [6.45, 7) is 6.21. The number of pyridine rings is 1. The molecular formula is C21H20N4O2S. The van der Waals surface area contributed by atoms with Crippen LogP contribution in [0.5, 0.6) is 5.75 Å². The molecule has 4 rings (SSSR count). The van der Waals surface area contributed by atoms with Gasteiger partial charge in [0.2, 0.25) is 0 Å². The van der Waals surface area contributed by atoms with Crippen LogP contribution in [0.3, 0.4) is 0 Å². The van der Waals surface area contributed by atoms with Crippen molar-refractivity contribution in [2.24, 2.45) is 0 Å². The first-order valence-electron chi connectivity index (χ1n) is 8.91. The number of carbonyl (C=O) groups is 1. The van der Waals surface area contributed by atoms with Gasteiger partial charge >= 0.3 is 0 Å². The summed E-state index contributed by atoms with van der Waals surface area (Å²) in [6.07, 6.45) is 3.89. The summed E-state index contributed by atoms with van der Waals surface area (Å²) in [6, 6.07) is 11.2. The van der Waals surface area contributed by atoms with Crippen molar-refractivity contribution in [2.75, 3.05) is 5.32 Å². The van der Waals surface area contributed by atoms with Crippen LogP contribution in [0, 0.1) is 20.8 Å². The van der Waals surface area contributed by atoms with Gasteiger partial charge < -0.3 is 9.14 Å². The largest absolute Gasteiger partial charge is 0.486 e. The highest BCUT2D eigenvalue weighted by molar-refractivity contribution is 7.15. The van der Waals surface area contributed by atoms with Crippen LogP contribution in [0.2, 0.25) is 0 Å². The Bertz CT molecular complexity index is 1140. The number of fused-ring (bicyclic) bond motifs is 1. The molecule has 4 aromatic rings. The van der Waals surface area contributed by atoms with E-state index in [9.17, 15) is 4.79 Å². The number of thiazole rings is 1. The molecule has 142 valence electrons. The average Bonchev–Trinajstić information content (AvgIpc) is 3.24. The Labute approximate surface area is 166 Å². The number of aromatic nitrogens is 3. The highest BCUT2D eigenvalue weighted by Gasteiger charge is 2.15. The lowest BCUT2D eigenvalue weighted by Gasteiger charge is -2.09. The Kier molecular flexibility index (Phi) is 4.83. The maximum Gasteiger partial charge on any atom is 0.261 e. The Morgan fingerprint density at radius 1 is 1.14 bits per heavy atom. The quantitative estimate of drug-likeness (QED) is 0.541. The number of anilines is 1. The summed E-state index contributed by atoms with van der Waals surface area (Å²) in [5, 5.41) is 3.44. The molecule has 0 fully saturated rings. The topological polar surface area (TPSA) is 68.5 Å². The molecule has 0 atom stereocenters. The number of ether oxygens (including phenoxy) is 1. The molecule has 0 unspecified atom stereocenters. The number of hydrogen-bond acceptors (Lipinski definition) is 5. The molecule has 0 bridgehead atoms. The van der Waals surface area contributed by atoms with Gasteiger partial charge in [-0.3, -0.25) is 10.1 Å². The van der Waals surface area contributed by atoms with Crippen LogP contribution in [0.25, 0.3) is 5.65 Å². The Morgan fingerprint density at radius 2 is 1.96 bits per heavy atom. The first kappa shape index (κ1) is 18.2. The first-order chi connectivity index (χ1) is 13.5. The summed E-state index contributed by atoms with van der Waals surface area (Å²) in [5.41, 5.74) is 4.19. The van der Waals surface area contributed by atoms with Crippen LogP contribution in [-0.2, 0) is 6.61 Å². The van der Waals surface area contributed by atoms with Gasteiger partial charge in [-0.05, 0) is 44.5 Å². The van der Waals surface area contributed by atoms with Gasteiger partial charge in [-0.1, -0.05) is 18.2 Å². The predicted octanol–water partition coefficient (Wildman–Crippen LogP) is 4.55. The summed E-state index contributed by atoms with van der Waals surface area (Å²) < 4.78 is 7.90. The molecule has 6 nitrogen and oxygen atoms in total. The van der Waals surface area contributed by atoms with Crippen LogP contribution in [0.4, 0.5) is 5.13 Å². The highest BCUT2D eigenvalue weighted by Crippen LogP contribution is 2.24. The lowest BCUT2D eigenvalue weighted by atomic mass is 10.2. The maximum absolute atomic E-state index is 12.7. The minimum Gasteiger partial charge on any atom is -0.486 e. The number of imidazole rings is 1. The predicted molar refractivity (Wildman–Crippen MR) is 110 cm³/mol. The van der Waals surface area contributed by atoms with Crippen LogP contribution < -0.4 is 10.1 Å². The molecule has 0 saturated heterocycles. The third-order valence-electron chi connectivity index (χ3n) is 4.48. The highest BCUT2D eigenvalue weighted by atomic mass is 32.1. The molecule has 3 heterocycles. The van der Waals surface area contributed by atoms with Gasteiger partial charge in [0.15, 0.2) is 5.13 Å². The third-order valence-corrected chi connectivity index (χ3v) is 5.47. The molecule has 3 aromatic heterocycles. The summed E-state index contributed by atoms with van der Waals surface area (Å²) in [7, 11) is 0. The number of aryl methyl sites for hydroxylation is 3. The molecule has 0 aliphatic carbocycles. The van der Waals surface area contributed by atoms with Crippen LogP contribution in [0.15, 0.2) is 48.8 Å². The fourth-order valence-corrected chi connectivity index (χ4v) is 3.71. The van der Waals surface area contributed by atoms with E-state index in [4.69, 9.17) is 4.74 Å². The summed E-state index contributed by atoms with van der Waals surface area (Å²) in [4.78, 5) is 22.8. The van der Waals surface area contributed by atoms with Gasteiger partial charge in [0.25, 0.3) is 5.91 Å². The number of nitrogens with zero attached hydrogens (tertiary/aromatic N) is 3. The Balaban J connectivity index is 1.52. The number of rotatable bonds is 5. The van der Waals surface area contributed by atoms with E-state index in [1.54, 1.807) is 12.1 Å². The van der Waals surface area contributed by atoms with Gasteiger partial charge in [-0.15, -0.1) is 11.3 Å². The summed E-state index contributed by atoms with van der Waals surface area (Å²) >= 11 is 1.46. The standard InChI is InChI=1S/C21H20N4O2S/c1-13-7-6-10-25-11-16(23-19(13)25)12-27-18-9-5-4-8-17(18)20(26)24-21-22-14(2)15(3)28-21/h4-11H,12H2,1-3H3,(H,22,24,26). The van der Waals surface area contributed by atoms with E-state index in [0.717, 1.165) is 27.5 Å². The maximum atomic E-state index is 12.7. The normalized spacial score (nSPS) is 11.0. The Hall–Kier alpha value is -3.19. The van der Waals surface area contributed by atoms with Crippen molar-refractivity contribution in [3.63, 3.8) is 0 Å². The zero-order valence-corrected chi connectivity index (χ0v) is 16.7. The van der Waals surface area contributed by atoms with Gasteiger partial charge in [-0.25, -0.2) is 9.97 Å². The van der Waals surface area contributed by atoms with Crippen molar-refractivity contribution in [3.05, 3.63) is 76.2 Å². The SMILES string of the molecule is Cc1nc(NC(=O)c2ccccc2OCc2cn3cccc(C)c3n2)sc1C. The van der Waals surface area contributed by atoms with E-state index in [1.807, 2.05) is 61.8 Å². The van der Waals surface area contributed by atoms with Gasteiger partial charge in [0, 0.05) is 17.3 Å². The minimum atomic E-state index is -0.241. The lowest BCUT2D eigenvalue weighted by Crippen LogP contribution is -2.13. The number of para-hydroxylation sites is 1. The molecule has 0 radical (unpaired) electrons. The smallest absolute Gasteiger partial charge is 0.261 e. The molecule has 1 aromatic carbocycles. The van der Waals surface area contributed by atoms with Crippen molar-refractivity contribution in [1.29, 1.82) is 0 Å². The van der Waals surface area contributed by atoms with Gasteiger partial charge in [0.1, 0.15) is 18.0 Å². The molecule has 0 spiro atoms. The van der Waals surface area contributed by atoms with E-state index in [0.29, 0.717) is 16.4 Å². The third kappa shape index (κ3) is 3.61. The molecule has 28 heavy (non-hydrogen) atoms. The van der Waals surface area contributed by atoms with Crippen LogP contribution >= 0.6 is 11.3 Å². The molecule has 0 aliphatic heterocycles. The molecule has 0 saturated carbocycles. The number of amides is 1. The molecule has 7 heteroatoms. The first-order valence-corrected chi connectivity index (χ1v) is 9.73. The fraction of sp³-hybridized carbons (Fsp3) is 0.190. The van der Waals surface area contributed by atoms with Crippen LogP contribution in [0.1, 0.15) is 32.2 Å². The summed E-state index contributed by atoms with van der Waals surface area (Å²) in [5.74, 6) is 0.272. The number of benzene rings is 1.